The van der Waals surface area contributed by atoms with E-state index in [1.165, 1.54) is 0 Å². The molecule has 3 heterocycles. The van der Waals surface area contributed by atoms with Gasteiger partial charge in [-0.1, -0.05) is 36.2 Å². The molecule has 0 aliphatic carbocycles. The first-order valence-corrected chi connectivity index (χ1v) is 6.85. The van der Waals surface area contributed by atoms with Crippen molar-refractivity contribution in [2.45, 2.75) is 13.3 Å². The number of nitrogens with zero attached hydrogens (tertiary/aromatic N) is 4. The predicted octanol–water partition coefficient (Wildman–Crippen LogP) is 3.72. The Bertz CT molecular complexity index is 719. The molecule has 0 amide bonds. The molecule has 0 saturated carbocycles. The summed E-state index contributed by atoms with van der Waals surface area (Å²) in [5.41, 5.74) is 3.16. The molecule has 0 atom stereocenters. The Hall–Kier alpha value is -1.17. The van der Waals surface area contributed by atoms with Crippen LogP contribution in [0.4, 0.5) is 0 Å². The third-order valence-corrected chi connectivity index (χ3v) is 3.89. The van der Waals surface area contributed by atoms with E-state index in [2.05, 4.69) is 13.7 Å². The highest BCUT2D eigenvalue weighted by atomic mass is 35.5. The highest BCUT2D eigenvalue weighted by Gasteiger charge is 2.19. The lowest BCUT2D eigenvalue weighted by molar-refractivity contribution is 0.997. The molecule has 0 aromatic carbocycles. The molecular weight excluding hydrogens is 291 g/mol. The van der Waals surface area contributed by atoms with Gasteiger partial charge in [0.2, 0.25) is 0 Å². The molecule has 18 heavy (non-hydrogen) atoms. The molecule has 0 N–H and O–H groups in total. The Labute approximate surface area is 118 Å². The summed E-state index contributed by atoms with van der Waals surface area (Å²) in [6.45, 7) is 2.05. The Balaban J connectivity index is 2.37. The zero-order chi connectivity index (χ0) is 12.7. The molecule has 92 valence electrons. The third kappa shape index (κ3) is 1.70. The standard InChI is InChI=1S/C11H8Cl2N4S/c1-2-6-9(10-11(13)16-18-15-10)14-8-5-3-4-7(12)17(6)8/h3-5H,2H2,1H3. The number of halogens is 2. The van der Waals surface area contributed by atoms with Crippen LogP contribution < -0.4 is 0 Å². The monoisotopic (exact) mass is 298 g/mol. The summed E-state index contributed by atoms with van der Waals surface area (Å²) in [6.07, 6.45) is 0.786. The summed E-state index contributed by atoms with van der Waals surface area (Å²) >= 11 is 13.3. The lowest BCUT2D eigenvalue weighted by Gasteiger charge is -2.02. The number of imidazole rings is 1. The highest BCUT2D eigenvalue weighted by molar-refractivity contribution is 6.99. The van der Waals surface area contributed by atoms with Gasteiger partial charge in [-0.05, 0) is 18.6 Å². The molecule has 0 spiro atoms. The van der Waals surface area contributed by atoms with E-state index in [4.69, 9.17) is 23.2 Å². The number of rotatable bonds is 2. The number of aromatic nitrogens is 4. The van der Waals surface area contributed by atoms with Crippen molar-refractivity contribution < 1.29 is 0 Å². The van der Waals surface area contributed by atoms with Gasteiger partial charge in [-0.25, -0.2) is 4.98 Å². The van der Waals surface area contributed by atoms with Crippen LogP contribution >= 0.6 is 34.9 Å². The van der Waals surface area contributed by atoms with Crippen molar-refractivity contribution in [3.8, 4) is 11.4 Å². The maximum Gasteiger partial charge on any atom is 0.172 e. The number of aryl methyl sites for hydroxylation is 1. The second kappa shape index (κ2) is 4.50. The number of fused-ring (bicyclic) bond motifs is 1. The summed E-state index contributed by atoms with van der Waals surface area (Å²) in [5, 5.41) is 1.01. The van der Waals surface area contributed by atoms with Crippen LogP contribution in [0, 0.1) is 0 Å². The topological polar surface area (TPSA) is 43.1 Å². The van der Waals surface area contributed by atoms with Crippen LogP contribution in [-0.4, -0.2) is 18.1 Å². The van der Waals surface area contributed by atoms with Gasteiger partial charge in [0.05, 0.1) is 17.4 Å². The van der Waals surface area contributed by atoms with E-state index in [9.17, 15) is 0 Å². The van der Waals surface area contributed by atoms with Crippen LogP contribution in [0.15, 0.2) is 18.2 Å². The Morgan fingerprint density at radius 2 is 2.06 bits per heavy atom. The van der Waals surface area contributed by atoms with Gasteiger partial charge in [-0.2, -0.15) is 8.75 Å². The van der Waals surface area contributed by atoms with Crippen molar-refractivity contribution in [1.82, 2.24) is 18.1 Å². The third-order valence-electron chi connectivity index (χ3n) is 2.70. The van der Waals surface area contributed by atoms with E-state index in [-0.39, 0.29) is 0 Å². The first-order valence-electron chi connectivity index (χ1n) is 5.36. The lowest BCUT2D eigenvalue weighted by atomic mass is 10.2. The zero-order valence-corrected chi connectivity index (χ0v) is 11.7. The van der Waals surface area contributed by atoms with Crippen molar-refractivity contribution in [3.05, 3.63) is 34.2 Å². The van der Waals surface area contributed by atoms with Crippen molar-refractivity contribution in [2.24, 2.45) is 0 Å². The number of hydrogen-bond acceptors (Lipinski definition) is 4. The van der Waals surface area contributed by atoms with E-state index >= 15 is 0 Å². The maximum absolute atomic E-state index is 6.21. The Morgan fingerprint density at radius 1 is 1.22 bits per heavy atom. The van der Waals surface area contributed by atoms with Crippen LogP contribution in [0.3, 0.4) is 0 Å². The van der Waals surface area contributed by atoms with E-state index in [1.807, 2.05) is 29.5 Å². The van der Waals surface area contributed by atoms with E-state index < -0.39 is 0 Å². The van der Waals surface area contributed by atoms with E-state index in [1.54, 1.807) is 0 Å². The van der Waals surface area contributed by atoms with Crippen molar-refractivity contribution >= 4 is 40.6 Å². The normalized spacial score (nSPS) is 11.3. The van der Waals surface area contributed by atoms with Gasteiger partial charge in [0.25, 0.3) is 0 Å². The second-order valence-electron chi connectivity index (χ2n) is 3.71. The summed E-state index contributed by atoms with van der Waals surface area (Å²) in [4.78, 5) is 4.55. The number of hydrogen-bond donors (Lipinski definition) is 0. The molecule has 7 heteroatoms. The second-order valence-corrected chi connectivity index (χ2v) is 4.98. The SMILES string of the molecule is CCc1c(-c2nsnc2Cl)nc2cccc(Cl)n12. The fourth-order valence-electron chi connectivity index (χ4n) is 1.95. The molecule has 3 aromatic rings. The molecule has 0 fully saturated rings. The molecule has 3 aromatic heterocycles. The average Bonchev–Trinajstić information content (AvgIpc) is 2.92. The fraction of sp³-hybridized carbons (Fsp3) is 0.182. The fourth-order valence-corrected chi connectivity index (χ4v) is 2.94. The van der Waals surface area contributed by atoms with Crippen molar-refractivity contribution in [3.63, 3.8) is 0 Å². The average molecular weight is 299 g/mol. The first kappa shape index (κ1) is 11.9. The lowest BCUT2D eigenvalue weighted by Crippen LogP contribution is -1.94. The summed E-state index contributed by atoms with van der Waals surface area (Å²) in [6, 6.07) is 5.61. The minimum absolute atomic E-state index is 0.384. The van der Waals surface area contributed by atoms with Crippen molar-refractivity contribution in [2.75, 3.05) is 0 Å². The van der Waals surface area contributed by atoms with Crippen LogP contribution in [0.2, 0.25) is 10.3 Å². The summed E-state index contributed by atoms with van der Waals surface area (Å²) < 4.78 is 10.1. The van der Waals surface area contributed by atoms with Gasteiger partial charge in [0.15, 0.2) is 5.15 Å². The maximum atomic E-state index is 6.21. The summed E-state index contributed by atoms with van der Waals surface area (Å²) in [5.74, 6) is 0. The van der Waals surface area contributed by atoms with E-state index in [0.717, 1.165) is 35.2 Å². The van der Waals surface area contributed by atoms with Gasteiger partial charge in [0, 0.05) is 0 Å². The minimum Gasteiger partial charge on any atom is -0.286 e. The van der Waals surface area contributed by atoms with Crippen LogP contribution in [0.25, 0.3) is 17.0 Å². The first-order chi connectivity index (χ1) is 8.72. The van der Waals surface area contributed by atoms with Gasteiger partial charge in [-0.3, -0.25) is 4.40 Å². The quantitative estimate of drug-likeness (QED) is 0.677. The summed E-state index contributed by atoms with van der Waals surface area (Å²) in [7, 11) is 0. The minimum atomic E-state index is 0.384. The molecular formula is C11H8Cl2N4S. The van der Waals surface area contributed by atoms with Crippen molar-refractivity contribution in [1.29, 1.82) is 0 Å². The van der Waals surface area contributed by atoms with Crippen LogP contribution in [0.5, 0.6) is 0 Å². The molecule has 0 unspecified atom stereocenters. The van der Waals surface area contributed by atoms with Crippen LogP contribution in [0.1, 0.15) is 12.6 Å². The van der Waals surface area contributed by atoms with E-state index in [0.29, 0.717) is 16.0 Å². The predicted molar refractivity (Wildman–Crippen MR) is 73.5 cm³/mol. The molecule has 0 saturated heterocycles. The Kier molecular flexibility index (Phi) is 2.97. The molecule has 0 aliphatic rings. The smallest absolute Gasteiger partial charge is 0.172 e. The molecule has 0 aliphatic heterocycles. The number of pyridine rings is 1. The van der Waals surface area contributed by atoms with Gasteiger partial charge in [0.1, 0.15) is 22.2 Å². The van der Waals surface area contributed by atoms with Gasteiger partial charge in [-0.15, -0.1) is 0 Å². The molecule has 0 radical (unpaired) electrons. The molecule has 3 rings (SSSR count). The Morgan fingerprint density at radius 3 is 2.72 bits per heavy atom. The molecule has 4 nitrogen and oxygen atoms in total. The largest absolute Gasteiger partial charge is 0.286 e. The van der Waals surface area contributed by atoms with Crippen LogP contribution in [-0.2, 0) is 6.42 Å². The molecule has 0 bridgehead atoms. The highest BCUT2D eigenvalue weighted by Crippen LogP contribution is 2.30. The zero-order valence-electron chi connectivity index (χ0n) is 9.39. The van der Waals surface area contributed by atoms with Gasteiger partial charge < -0.3 is 0 Å². The van der Waals surface area contributed by atoms with Gasteiger partial charge >= 0.3 is 0 Å².